The van der Waals surface area contributed by atoms with Gasteiger partial charge in [0.15, 0.2) is 0 Å². The van der Waals surface area contributed by atoms with Crippen molar-refractivity contribution in [1.29, 1.82) is 0 Å². The Balaban J connectivity index is 2.23. The van der Waals surface area contributed by atoms with Gasteiger partial charge in [-0.15, -0.1) is 0 Å². The second kappa shape index (κ2) is 5.83. The molecule has 0 aliphatic carbocycles. The van der Waals surface area contributed by atoms with Crippen LogP contribution in [0.5, 0.6) is 0 Å². The van der Waals surface area contributed by atoms with Gasteiger partial charge in [0.25, 0.3) is 0 Å². The van der Waals surface area contributed by atoms with E-state index in [2.05, 4.69) is 41.2 Å². The zero-order valence-corrected chi connectivity index (χ0v) is 11.0. The van der Waals surface area contributed by atoms with Crippen molar-refractivity contribution < 1.29 is 5.11 Å². The van der Waals surface area contributed by atoms with E-state index in [1.165, 1.54) is 5.56 Å². The number of nitrogens with zero attached hydrogens (tertiary/aromatic N) is 1. The summed E-state index contributed by atoms with van der Waals surface area (Å²) in [5.74, 6) is 0.955. The highest BCUT2D eigenvalue weighted by Gasteiger charge is 2.08. The van der Waals surface area contributed by atoms with E-state index in [1.54, 1.807) is 0 Å². The van der Waals surface area contributed by atoms with Crippen molar-refractivity contribution in [1.82, 2.24) is 9.97 Å². The largest absolute Gasteiger partial charge is 0.396 e. The van der Waals surface area contributed by atoms with E-state index in [9.17, 15) is 0 Å². The van der Waals surface area contributed by atoms with Gasteiger partial charge in [0.1, 0.15) is 5.82 Å². The Kier molecular flexibility index (Phi) is 4.15. The molecule has 18 heavy (non-hydrogen) atoms. The molecule has 0 radical (unpaired) electrons. The number of aliphatic hydroxyl groups is 1. The van der Waals surface area contributed by atoms with Crippen LogP contribution in [0.4, 0.5) is 0 Å². The third-order valence-electron chi connectivity index (χ3n) is 3.14. The number of aromatic amines is 1. The number of H-pyrrole nitrogens is 1. The summed E-state index contributed by atoms with van der Waals surface area (Å²) in [6.45, 7) is 4.40. The van der Waals surface area contributed by atoms with E-state index in [1.807, 2.05) is 6.92 Å². The van der Waals surface area contributed by atoms with Gasteiger partial charge in [-0.3, -0.25) is 0 Å². The maximum atomic E-state index is 8.84. The van der Waals surface area contributed by atoms with Gasteiger partial charge >= 0.3 is 0 Å². The average molecular weight is 244 g/mol. The van der Waals surface area contributed by atoms with Crippen LogP contribution in [0.3, 0.4) is 0 Å². The number of aryl methyl sites for hydroxylation is 3. The first kappa shape index (κ1) is 12.8. The Bertz CT molecular complexity index is 500. The Labute approximate surface area is 108 Å². The normalized spacial score (nSPS) is 10.8. The molecular formula is C15H20N2O. The molecule has 0 spiro atoms. The highest BCUT2D eigenvalue weighted by Crippen LogP contribution is 2.22. The van der Waals surface area contributed by atoms with E-state index in [0.717, 1.165) is 42.0 Å². The molecule has 1 heterocycles. The van der Waals surface area contributed by atoms with Crippen LogP contribution in [-0.2, 0) is 12.8 Å². The molecule has 96 valence electrons. The number of aromatic nitrogens is 2. The summed E-state index contributed by atoms with van der Waals surface area (Å²) in [6.07, 6.45) is 2.60. The first-order valence-corrected chi connectivity index (χ1v) is 6.50. The number of hydrogen-bond donors (Lipinski definition) is 2. The number of aliphatic hydroxyl groups excluding tert-OH is 1. The summed E-state index contributed by atoms with van der Waals surface area (Å²) < 4.78 is 0. The molecule has 1 aromatic heterocycles. The maximum Gasteiger partial charge on any atom is 0.107 e. The van der Waals surface area contributed by atoms with E-state index in [4.69, 9.17) is 5.11 Å². The van der Waals surface area contributed by atoms with E-state index in [-0.39, 0.29) is 6.61 Å². The third kappa shape index (κ3) is 2.79. The first-order chi connectivity index (χ1) is 8.74. The van der Waals surface area contributed by atoms with Gasteiger partial charge in [0, 0.05) is 24.3 Å². The fourth-order valence-corrected chi connectivity index (χ4v) is 2.07. The molecule has 0 atom stereocenters. The van der Waals surface area contributed by atoms with Crippen LogP contribution in [-0.4, -0.2) is 21.7 Å². The molecule has 0 saturated carbocycles. The van der Waals surface area contributed by atoms with Crippen molar-refractivity contribution in [2.75, 3.05) is 6.61 Å². The third-order valence-corrected chi connectivity index (χ3v) is 3.14. The average Bonchev–Trinajstić information content (AvgIpc) is 2.78. The SMILES string of the molecule is CCc1ccc(-c2nc(CCCO)[nH]c2C)cc1. The quantitative estimate of drug-likeness (QED) is 0.849. The summed E-state index contributed by atoms with van der Waals surface area (Å²) >= 11 is 0. The second-order valence-corrected chi connectivity index (χ2v) is 4.53. The van der Waals surface area contributed by atoms with Crippen LogP contribution >= 0.6 is 0 Å². The lowest BCUT2D eigenvalue weighted by atomic mass is 10.1. The number of nitrogens with one attached hydrogen (secondary N) is 1. The van der Waals surface area contributed by atoms with Crippen LogP contribution in [0.25, 0.3) is 11.3 Å². The zero-order valence-electron chi connectivity index (χ0n) is 11.0. The molecular weight excluding hydrogens is 224 g/mol. The Morgan fingerprint density at radius 3 is 2.56 bits per heavy atom. The molecule has 3 nitrogen and oxygen atoms in total. The topological polar surface area (TPSA) is 48.9 Å². The predicted molar refractivity (Wildman–Crippen MR) is 73.5 cm³/mol. The molecule has 1 aromatic carbocycles. The Morgan fingerprint density at radius 1 is 1.22 bits per heavy atom. The second-order valence-electron chi connectivity index (χ2n) is 4.53. The highest BCUT2D eigenvalue weighted by atomic mass is 16.2. The Hall–Kier alpha value is -1.61. The molecule has 2 aromatic rings. The zero-order chi connectivity index (χ0) is 13.0. The summed E-state index contributed by atoms with van der Waals surface area (Å²) in [4.78, 5) is 7.89. The lowest BCUT2D eigenvalue weighted by Gasteiger charge is -2.00. The van der Waals surface area contributed by atoms with Crippen molar-refractivity contribution in [2.45, 2.75) is 33.1 Å². The summed E-state index contributed by atoms with van der Waals surface area (Å²) in [5.41, 5.74) is 4.60. The number of benzene rings is 1. The van der Waals surface area contributed by atoms with Crippen molar-refractivity contribution >= 4 is 0 Å². The summed E-state index contributed by atoms with van der Waals surface area (Å²) in [7, 11) is 0. The lowest BCUT2D eigenvalue weighted by molar-refractivity contribution is 0.287. The summed E-state index contributed by atoms with van der Waals surface area (Å²) in [5, 5.41) is 8.84. The van der Waals surface area contributed by atoms with Gasteiger partial charge in [-0.2, -0.15) is 0 Å². The molecule has 0 unspecified atom stereocenters. The predicted octanol–water partition coefficient (Wildman–Crippen LogP) is 2.87. The minimum Gasteiger partial charge on any atom is -0.396 e. The van der Waals surface area contributed by atoms with Crippen LogP contribution in [0.2, 0.25) is 0 Å². The van der Waals surface area contributed by atoms with Gasteiger partial charge < -0.3 is 10.1 Å². The van der Waals surface area contributed by atoms with Crippen LogP contribution < -0.4 is 0 Å². The van der Waals surface area contributed by atoms with Gasteiger partial charge in [-0.25, -0.2) is 4.98 Å². The number of hydrogen-bond acceptors (Lipinski definition) is 2. The fourth-order valence-electron chi connectivity index (χ4n) is 2.07. The first-order valence-electron chi connectivity index (χ1n) is 6.50. The van der Waals surface area contributed by atoms with Crippen molar-refractivity contribution in [3.8, 4) is 11.3 Å². The van der Waals surface area contributed by atoms with Crippen molar-refractivity contribution in [3.63, 3.8) is 0 Å². The standard InChI is InChI=1S/C15H20N2O/c1-3-12-6-8-13(9-7-12)15-11(2)16-14(17-15)5-4-10-18/h6-9,18H,3-5,10H2,1-2H3,(H,16,17). The molecule has 2 rings (SSSR count). The highest BCUT2D eigenvalue weighted by molar-refractivity contribution is 5.62. The maximum absolute atomic E-state index is 8.84. The molecule has 0 aliphatic rings. The molecule has 3 heteroatoms. The van der Waals surface area contributed by atoms with Crippen LogP contribution in [0.1, 0.15) is 30.4 Å². The fraction of sp³-hybridized carbons (Fsp3) is 0.400. The smallest absolute Gasteiger partial charge is 0.107 e. The minimum absolute atomic E-state index is 0.209. The van der Waals surface area contributed by atoms with Gasteiger partial charge in [0.2, 0.25) is 0 Å². The van der Waals surface area contributed by atoms with Crippen molar-refractivity contribution in [3.05, 3.63) is 41.3 Å². The molecule has 2 N–H and O–H groups in total. The van der Waals surface area contributed by atoms with E-state index < -0.39 is 0 Å². The molecule has 0 fully saturated rings. The van der Waals surface area contributed by atoms with Crippen LogP contribution in [0, 0.1) is 6.92 Å². The van der Waals surface area contributed by atoms with E-state index >= 15 is 0 Å². The van der Waals surface area contributed by atoms with Gasteiger partial charge in [-0.1, -0.05) is 31.2 Å². The molecule has 0 bridgehead atoms. The van der Waals surface area contributed by atoms with E-state index in [0.29, 0.717) is 0 Å². The minimum atomic E-state index is 0.209. The monoisotopic (exact) mass is 244 g/mol. The molecule has 0 amide bonds. The van der Waals surface area contributed by atoms with Crippen molar-refractivity contribution in [2.24, 2.45) is 0 Å². The summed E-state index contributed by atoms with van der Waals surface area (Å²) in [6, 6.07) is 8.54. The van der Waals surface area contributed by atoms with Crippen LogP contribution in [0.15, 0.2) is 24.3 Å². The molecule has 0 saturated heterocycles. The lowest BCUT2D eigenvalue weighted by Crippen LogP contribution is -1.91. The molecule has 0 aliphatic heterocycles. The van der Waals surface area contributed by atoms with Gasteiger partial charge in [-0.05, 0) is 25.3 Å². The number of rotatable bonds is 5. The van der Waals surface area contributed by atoms with Gasteiger partial charge in [0.05, 0.1) is 5.69 Å². The Morgan fingerprint density at radius 2 is 1.94 bits per heavy atom. The number of imidazole rings is 1.